The number of nitrogens with one attached hydrogen (secondary N) is 1. The fraction of sp³-hybridized carbons (Fsp3) is 0.222. The molecule has 0 atom stereocenters. The molecule has 0 heterocycles. The number of benzene rings is 2. The number of para-hydroxylation sites is 1. The molecule has 0 saturated carbocycles. The summed E-state index contributed by atoms with van der Waals surface area (Å²) in [5.74, 6) is 0.163. The second-order valence-corrected chi connectivity index (χ2v) is 6.88. The van der Waals surface area contributed by atoms with E-state index in [0.29, 0.717) is 21.5 Å². The Hall–Kier alpha value is -1.89. The summed E-state index contributed by atoms with van der Waals surface area (Å²) in [6.45, 7) is 0.318. The molecule has 138 valence electrons. The Morgan fingerprint density at radius 3 is 2.42 bits per heavy atom. The molecule has 8 heteroatoms. The molecular weight excluding hydrogens is 397 g/mol. The lowest BCUT2D eigenvalue weighted by Crippen LogP contribution is -2.17. The molecule has 2 aromatic rings. The minimum atomic E-state index is -0.406. The van der Waals surface area contributed by atoms with Crippen molar-refractivity contribution in [2.24, 2.45) is 0 Å². The van der Waals surface area contributed by atoms with Crippen molar-refractivity contribution in [1.29, 1.82) is 0 Å². The fourth-order valence-corrected chi connectivity index (χ4v) is 2.79. The van der Waals surface area contributed by atoms with E-state index in [1.165, 1.54) is 11.8 Å². The normalized spacial score (nSPS) is 10.2. The second kappa shape index (κ2) is 11.0. The predicted molar refractivity (Wildman–Crippen MR) is 105 cm³/mol. The highest BCUT2D eigenvalue weighted by atomic mass is 35.5. The number of hydrogen-bond donors (Lipinski definition) is 1. The Kier molecular flexibility index (Phi) is 8.61. The Balaban J connectivity index is 1.56. The van der Waals surface area contributed by atoms with Gasteiger partial charge in [-0.15, -0.1) is 11.8 Å². The van der Waals surface area contributed by atoms with Crippen molar-refractivity contribution < 1.29 is 19.1 Å². The molecule has 1 N–H and O–H groups in total. The highest BCUT2D eigenvalue weighted by Crippen LogP contribution is 2.22. The standard InChI is InChI=1S/C18H17Cl2NO4S/c19-13-5-7-14(8-6-13)21-17(22)11-26-12-18(23)25-10-9-24-16-4-2-1-3-15(16)20/h1-8H,9-12H2,(H,21,22). The number of rotatable bonds is 9. The van der Waals surface area contributed by atoms with Crippen molar-refractivity contribution in [1.82, 2.24) is 0 Å². The van der Waals surface area contributed by atoms with Crippen LogP contribution in [-0.2, 0) is 14.3 Å². The Labute approximate surface area is 166 Å². The van der Waals surface area contributed by atoms with Gasteiger partial charge in [-0.3, -0.25) is 9.59 Å². The molecule has 0 spiro atoms. The van der Waals surface area contributed by atoms with Crippen LogP contribution in [0, 0.1) is 0 Å². The van der Waals surface area contributed by atoms with E-state index in [2.05, 4.69) is 5.32 Å². The molecule has 2 aromatic carbocycles. The summed E-state index contributed by atoms with van der Waals surface area (Å²) in [6.07, 6.45) is 0. The molecule has 0 fully saturated rings. The van der Waals surface area contributed by atoms with Crippen LogP contribution in [0.1, 0.15) is 0 Å². The number of esters is 1. The minimum Gasteiger partial charge on any atom is -0.488 e. The van der Waals surface area contributed by atoms with Crippen LogP contribution in [-0.4, -0.2) is 36.6 Å². The highest BCUT2D eigenvalue weighted by Gasteiger charge is 2.08. The van der Waals surface area contributed by atoms with Crippen molar-refractivity contribution in [3.63, 3.8) is 0 Å². The average Bonchev–Trinajstić information content (AvgIpc) is 2.62. The summed E-state index contributed by atoms with van der Waals surface area (Å²) in [7, 11) is 0. The van der Waals surface area contributed by atoms with E-state index in [1.807, 2.05) is 0 Å². The van der Waals surface area contributed by atoms with Crippen molar-refractivity contribution in [3.05, 3.63) is 58.6 Å². The topological polar surface area (TPSA) is 64.6 Å². The maximum Gasteiger partial charge on any atom is 0.316 e. The number of halogens is 2. The molecule has 0 unspecified atom stereocenters. The number of thioether (sulfide) groups is 1. The molecule has 1 amide bonds. The molecule has 26 heavy (non-hydrogen) atoms. The minimum absolute atomic E-state index is 0.0835. The molecule has 0 aromatic heterocycles. The van der Waals surface area contributed by atoms with Crippen LogP contribution in [0.25, 0.3) is 0 Å². The first-order valence-electron chi connectivity index (χ1n) is 7.70. The zero-order chi connectivity index (χ0) is 18.8. The van der Waals surface area contributed by atoms with Crippen LogP contribution < -0.4 is 10.1 Å². The van der Waals surface area contributed by atoms with Crippen LogP contribution >= 0.6 is 35.0 Å². The summed E-state index contributed by atoms with van der Waals surface area (Å²) in [5, 5.41) is 3.81. The van der Waals surface area contributed by atoms with E-state index in [1.54, 1.807) is 48.5 Å². The summed E-state index contributed by atoms with van der Waals surface area (Å²) in [6, 6.07) is 13.8. The van der Waals surface area contributed by atoms with E-state index < -0.39 is 5.97 Å². The zero-order valence-corrected chi connectivity index (χ0v) is 16.1. The molecule has 0 bridgehead atoms. The van der Waals surface area contributed by atoms with E-state index in [9.17, 15) is 9.59 Å². The molecule has 0 aliphatic heterocycles. The van der Waals surface area contributed by atoms with Gasteiger partial charge in [-0.25, -0.2) is 0 Å². The molecule has 0 radical (unpaired) electrons. The lowest BCUT2D eigenvalue weighted by molar-refractivity contribution is -0.141. The summed E-state index contributed by atoms with van der Waals surface area (Å²) in [5.41, 5.74) is 0.652. The van der Waals surface area contributed by atoms with Crippen LogP contribution in [0.4, 0.5) is 5.69 Å². The van der Waals surface area contributed by atoms with E-state index in [4.69, 9.17) is 32.7 Å². The number of carbonyl (C=O) groups excluding carboxylic acids is 2. The number of ether oxygens (including phenoxy) is 2. The first-order chi connectivity index (χ1) is 12.5. The van der Waals surface area contributed by atoms with Gasteiger partial charge in [0.1, 0.15) is 19.0 Å². The third-order valence-corrected chi connectivity index (χ3v) is 4.49. The van der Waals surface area contributed by atoms with Gasteiger partial charge in [-0.05, 0) is 36.4 Å². The highest BCUT2D eigenvalue weighted by molar-refractivity contribution is 8.00. The predicted octanol–water partition coefficient (Wildman–Crippen LogP) is 4.29. The molecule has 0 saturated heterocycles. The van der Waals surface area contributed by atoms with Crippen LogP contribution in [0.3, 0.4) is 0 Å². The van der Waals surface area contributed by atoms with E-state index >= 15 is 0 Å². The van der Waals surface area contributed by atoms with Gasteiger partial charge in [0.15, 0.2) is 0 Å². The maximum atomic E-state index is 11.8. The van der Waals surface area contributed by atoms with Gasteiger partial charge < -0.3 is 14.8 Å². The summed E-state index contributed by atoms with van der Waals surface area (Å²) < 4.78 is 10.5. The largest absolute Gasteiger partial charge is 0.488 e. The second-order valence-electron chi connectivity index (χ2n) is 5.05. The van der Waals surface area contributed by atoms with Gasteiger partial charge in [0.25, 0.3) is 0 Å². The number of anilines is 1. The maximum absolute atomic E-state index is 11.8. The van der Waals surface area contributed by atoms with Crippen LogP contribution in [0.2, 0.25) is 10.0 Å². The summed E-state index contributed by atoms with van der Waals surface area (Å²) in [4.78, 5) is 23.4. The zero-order valence-electron chi connectivity index (χ0n) is 13.7. The number of hydrogen-bond acceptors (Lipinski definition) is 5. The van der Waals surface area contributed by atoms with Crippen molar-refractivity contribution in [3.8, 4) is 5.75 Å². The third kappa shape index (κ3) is 7.56. The molecular formula is C18H17Cl2NO4S. The first-order valence-corrected chi connectivity index (χ1v) is 9.62. The monoisotopic (exact) mass is 413 g/mol. The third-order valence-electron chi connectivity index (χ3n) is 3.02. The molecule has 2 rings (SSSR count). The number of amides is 1. The van der Waals surface area contributed by atoms with Gasteiger partial charge in [0.2, 0.25) is 5.91 Å². The number of carbonyl (C=O) groups is 2. The van der Waals surface area contributed by atoms with Gasteiger partial charge >= 0.3 is 5.97 Å². The van der Waals surface area contributed by atoms with Gasteiger partial charge in [0, 0.05) is 10.7 Å². The fourth-order valence-electron chi connectivity index (χ4n) is 1.87. The quantitative estimate of drug-likeness (QED) is 0.490. The Morgan fingerprint density at radius 2 is 1.69 bits per heavy atom. The Morgan fingerprint density at radius 1 is 0.962 bits per heavy atom. The van der Waals surface area contributed by atoms with Crippen molar-refractivity contribution in [2.45, 2.75) is 0 Å². The SMILES string of the molecule is O=C(CSCC(=O)OCCOc1ccccc1Cl)Nc1ccc(Cl)cc1. The smallest absolute Gasteiger partial charge is 0.316 e. The average molecular weight is 414 g/mol. The van der Waals surface area contributed by atoms with Crippen LogP contribution in [0.5, 0.6) is 5.75 Å². The summed E-state index contributed by atoms with van der Waals surface area (Å²) >= 11 is 12.9. The van der Waals surface area contributed by atoms with E-state index in [-0.39, 0.29) is 30.6 Å². The van der Waals surface area contributed by atoms with Gasteiger partial charge in [0.05, 0.1) is 16.5 Å². The van der Waals surface area contributed by atoms with Crippen LogP contribution in [0.15, 0.2) is 48.5 Å². The Bertz CT molecular complexity index is 740. The molecule has 0 aliphatic carbocycles. The van der Waals surface area contributed by atoms with Gasteiger partial charge in [-0.2, -0.15) is 0 Å². The van der Waals surface area contributed by atoms with Crippen molar-refractivity contribution >= 4 is 52.5 Å². The molecule has 0 aliphatic rings. The first kappa shape index (κ1) is 20.4. The lowest BCUT2D eigenvalue weighted by Gasteiger charge is -2.08. The van der Waals surface area contributed by atoms with E-state index in [0.717, 1.165) is 0 Å². The molecule has 5 nitrogen and oxygen atoms in total. The van der Waals surface area contributed by atoms with Gasteiger partial charge in [-0.1, -0.05) is 35.3 Å². The van der Waals surface area contributed by atoms with Crippen molar-refractivity contribution in [2.75, 3.05) is 30.0 Å². The lowest BCUT2D eigenvalue weighted by atomic mass is 10.3.